The van der Waals surface area contributed by atoms with Crippen molar-refractivity contribution in [2.75, 3.05) is 19.7 Å². The Labute approximate surface area is 168 Å². The predicted molar refractivity (Wildman–Crippen MR) is 104 cm³/mol. The summed E-state index contributed by atoms with van der Waals surface area (Å²) in [5, 5.41) is 1.34. The molecule has 7 nitrogen and oxygen atoms in total. The summed E-state index contributed by atoms with van der Waals surface area (Å²) in [4.78, 5) is 12.0. The Kier molecular flexibility index (Phi) is 6.23. The quantitative estimate of drug-likeness (QED) is 0.637. The average Bonchev–Trinajstić information content (AvgIpc) is 3.21. The zero-order valence-electron chi connectivity index (χ0n) is 15.3. The minimum absolute atomic E-state index is 0.0415. The highest BCUT2D eigenvalue weighted by molar-refractivity contribution is 7.92. The van der Waals surface area contributed by atoms with Crippen molar-refractivity contribution in [2.24, 2.45) is 5.92 Å². The van der Waals surface area contributed by atoms with Crippen LogP contribution in [0.5, 0.6) is 0 Å². The summed E-state index contributed by atoms with van der Waals surface area (Å²) in [6.07, 6.45) is 1.12. The lowest BCUT2D eigenvalue weighted by atomic mass is 10.0. The van der Waals surface area contributed by atoms with E-state index in [-0.39, 0.29) is 33.7 Å². The largest absolute Gasteiger partial charge is 0.466 e. The van der Waals surface area contributed by atoms with Gasteiger partial charge in [-0.3, -0.25) is 4.79 Å². The van der Waals surface area contributed by atoms with Crippen LogP contribution in [0.15, 0.2) is 55.8 Å². The monoisotopic (exact) mass is 443 g/mol. The maximum absolute atomic E-state index is 13.0. The van der Waals surface area contributed by atoms with E-state index in [9.17, 15) is 21.6 Å². The molecule has 1 aliphatic heterocycles. The van der Waals surface area contributed by atoms with Crippen LogP contribution in [0.1, 0.15) is 19.8 Å². The molecule has 1 saturated heterocycles. The molecule has 0 bridgehead atoms. The van der Waals surface area contributed by atoms with Crippen molar-refractivity contribution in [1.29, 1.82) is 0 Å². The first kappa shape index (κ1) is 21.0. The number of hydrogen-bond acceptors (Lipinski definition) is 7. The number of carbonyl (C=O) groups excluding carboxylic acids is 1. The summed E-state index contributed by atoms with van der Waals surface area (Å²) in [5.74, 6) is -0.906. The van der Waals surface area contributed by atoms with E-state index in [4.69, 9.17) is 4.74 Å². The number of rotatable bonds is 6. The lowest BCUT2D eigenvalue weighted by molar-refractivity contribution is -0.149. The third-order valence-corrected chi connectivity index (χ3v) is 9.69. The molecule has 28 heavy (non-hydrogen) atoms. The number of benzene rings is 1. The molecule has 2 heterocycles. The van der Waals surface area contributed by atoms with Crippen molar-refractivity contribution in [3.8, 4) is 0 Å². The standard InChI is InChI=1S/C18H21NO6S3/c1-2-25-18(20)14-7-6-10-19(12-14)28(23,24)17-11-16(13-26-17)27(21,22)15-8-4-3-5-9-15/h3-5,8-9,11,13-14H,2,6-7,10,12H2,1H3/t14-/m0/s1. The molecule has 0 saturated carbocycles. The van der Waals surface area contributed by atoms with Gasteiger partial charge in [-0.15, -0.1) is 11.3 Å². The van der Waals surface area contributed by atoms with Crippen LogP contribution in [-0.4, -0.2) is 46.8 Å². The topological polar surface area (TPSA) is 97.8 Å². The van der Waals surface area contributed by atoms with Gasteiger partial charge in [0.25, 0.3) is 10.0 Å². The highest BCUT2D eigenvalue weighted by Gasteiger charge is 2.35. The molecule has 0 radical (unpaired) electrons. The van der Waals surface area contributed by atoms with E-state index in [0.717, 1.165) is 11.3 Å². The summed E-state index contributed by atoms with van der Waals surface area (Å²) in [5.41, 5.74) is 0. The third-order valence-electron chi connectivity index (χ3n) is 4.51. The van der Waals surface area contributed by atoms with Crippen LogP contribution in [0.3, 0.4) is 0 Å². The van der Waals surface area contributed by atoms with Gasteiger partial charge in [0, 0.05) is 18.5 Å². The predicted octanol–water partition coefficient (Wildman–Crippen LogP) is 2.54. The second-order valence-corrected chi connectivity index (χ2v) is 11.4. The molecule has 1 atom stereocenters. The minimum atomic E-state index is -3.89. The van der Waals surface area contributed by atoms with E-state index < -0.39 is 31.7 Å². The Morgan fingerprint density at radius 1 is 1.18 bits per heavy atom. The number of sulfonamides is 1. The van der Waals surface area contributed by atoms with Gasteiger partial charge in [0.15, 0.2) is 0 Å². The zero-order chi connectivity index (χ0) is 20.4. The van der Waals surface area contributed by atoms with E-state index in [0.29, 0.717) is 12.8 Å². The van der Waals surface area contributed by atoms with Crippen molar-refractivity contribution in [3.63, 3.8) is 0 Å². The van der Waals surface area contributed by atoms with E-state index in [2.05, 4.69) is 0 Å². The molecule has 1 aromatic heterocycles. The number of piperidine rings is 1. The summed E-state index contributed by atoms with van der Waals surface area (Å²) < 4.78 is 57.6. The second kappa shape index (κ2) is 8.32. The van der Waals surface area contributed by atoms with Gasteiger partial charge in [0.05, 0.1) is 22.3 Å². The normalized spacial score (nSPS) is 18.7. The Morgan fingerprint density at radius 3 is 2.57 bits per heavy atom. The summed E-state index contributed by atoms with van der Waals surface area (Å²) in [7, 11) is -7.67. The molecule has 0 amide bonds. The number of thiophene rings is 1. The van der Waals surface area contributed by atoms with Gasteiger partial charge in [0.1, 0.15) is 4.21 Å². The Morgan fingerprint density at radius 2 is 1.89 bits per heavy atom. The molecule has 1 fully saturated rings. The summed E-state index contributed by atoms with van der Waals surface area (Å²) >= 11 is 0.867. The number of nitrogens with zero attached hydrogens (tertiary/aromatic N) is 1. The summed E-state index contributed by atoms with van der Waals surface area (Å²) in [6.45, 7) is 2.28. The number of hydrogen-bond donors (Lipinski definition) is 0. The number of ether oxygens (including phenoxy) is 1. The van der Waals surface area contributed by atoms with E-state index in [1.54, 1.807) is 25.1 Å². The molecule has 0 spiro atoms. The number of sulfone groups is 1. The van der Waals surface area contributed by atoms with Crippen LogP contribution in [0, 0.1) is 5.92 Å². The van der Waals surface area contributed by atoms with Gasteiger partial charge in [-0.2, -0.15) is 4.31 Å². The van der Waals surface area contributed by atoms with Gasteiger partial charge in [-0.25, -0.2) is 16.8 Å². The molecule has 152 valence electrons. The molecular formula is C18H21NO6S3. The highest BCUT2D eigenvalue weighted by atomic mass is 32.2. The van der Waals surface area contributed by atoms with Crippen LogP contribution in [0.2, 0.25) is 0 Å². The lowest BCUT2D eigenvalue weighted by Crippen LogP contribution is -2.42. The van der Waals surface area contributed by atoms with Gasteiger partial charge in [0.2, 0.25) is 9.84 Å². The Hall–Kier alpha value is -1.75. The van der Waals surface area contributed by atoms with Crippen molar-refractivity contribution in [1.82, 2.24) is 4.31 Å². The fraction of sp³-hybridized carbons (Fsp3) is 0.389. The zero-order valence-corrected chi connectivity index (χ0v) is 17.7. The maximum Gasteiger partial charge on any atom is 0.310 e. The molecule has 3 rings (SSSR count). The lowest BCUT2D eigenvalue weighted by Gasteiger charge is -2.30. The highest BCUT2D eigenvalue weighted by Crippen LogP contribution is 2.32. The van der Waals surface area contributed by atoms with Crippen LogP contribution >= 0.6 is 11.3 Å². The van der Waals surface area contributed by atoms with Crippen molar-refractivity contribution < 1.29 is 26.4 Å². The molecule has 2 aromatic rings. The number of carbonyl (C=O) groups is 1. The van der Waals surface area contributed by atoms with E-state index in [1.165, 1.54) is 27.9 Å². The Bertz CT molecular complexity index is 1040. The fourth-order valence-corrected chi connectivity index (χ4v) is 7.63. The smallest absolute Gasteiger partial charge is 0.310 e. The minimum Gasteiger partial charge on any atom is -0.466 e. The summed E-state index contributed by atoms with van der Waals surface area (Å²) in [6, 6.07) is 9.06. The number of esters is 1. The molecule has 1 aliphatic rings. The van der Waals surface area contributed by atoms with Gasteiger partial charge < -0.3 is 4.74 Å². The molecule has 10 heteroatoms. The van der Waals surface area contributed by atoms with Crippen LogP contribution in [0.4, 0.5) is 0 Å². The van der Waals surface area contributed by atoms with Crippen LogP contribution in [-0.2, 0) is 29.4 Å². The molecule has 0 aliphatic carbocycles. The van der Waals surface area contributed by atoms with Gasteiger partial charge >= 0.3 is 5.97 Å². The maximum atomic E-state index is 13.0. The third kappa shape index (κ3) is 4.14. The van der Waals surface area contributed by atoms with Crippen molar-refractivity contribution >= 4 is 37.2 Å². The van der Waals surface area contributed by atoms with E-state index in [1.807, 2.05) is 0 Å². The van der Waals surface area contributed by atoms with Crippen LogP contribution < -0.4 is 0 Å². The fourth-order valence-electron chi connectivity index (χ4n) is 3.05. The van der Waals surface area contributed by atoms with Gasteiger partial charge in [-0.1, -0.05) is 18.2 Å². The van der Waals surface area contributed by atoms with Gasteiger partial charge in [-0.05, 0) is 38.0 Å². The molecular weight excluding hydrogens is 422 g/mol. The molecule has 0 N–H and O–H groups in total. The molecule has 0 unspecified atom stereocenters. The van der Waals surface area contributed by atoms with Crippen molar-refractivity contribution in [3.05, 3.63) is 41.8 Å². The van der Waals surface area contributed by atoms with Crippen molar-refractivity contribution in [2.45, 2.75) is 33.8 Å². The molecule has 1 aromatic carbocycles. The van der Waals surface area contributed by atoms with Crippen LogP contribution in [0.25, 0.3) is 0 Å². The SMILES string of the molecule is CCOC(=O)[C@H]1CCCN(S(=O)(=O)c2cc(S(=O)(=O)c3ccccc3)cs2)C1. The second-order valence-electron chi connectivity index (χ2n) is 6.37. The first-order valence-electron chi connectivity index (χ1n) is 8.82. The Balaban J connectivity index is 1.85. The average molecular weight is 444 g/mol. The first-order valence-corrected chi connectivity index (χ1v) is 12.6. The first-order chi connectivity index (χ1) is 13.3. The van der Waals surface area contributed by atoms with E-state index >= 15 is 0 Å².